The van der Waals surface area contributed by atoms with Gasteiger partial charge in [0.05, 0.1) is 6.21 Å². The van der Waals surface area contributed by atoms with Gasteiger partial charge in [0, 0.05) is 17.1 Å². The van der Waals surface area contributed by atoms with Crippen molar-refractivity contribution in [1.29, 1.82) is 0 Å². The zero-order valence-corrected chi connectivity index (χ0v) is 12.4. The molecule has 0 aliphatic carbocycles. The van der Waals surface area contributed by atoms with E-state index in [1.165, 1.54) is 13.3 Å². The number of hydrazone groups is 1. The smallest absolute Gasteiger partial charge is 0.266 e. The van der Waals surface area contributed by atoms with Crippen LogP contribution in [-0.4, -0.2) is 25.8 Å². The molecule has 0 aliphatic rings. The Hall–Kier alpha value is -1.92. The van der Waals surface area contributed by atoms with Gasteiger partial charge in [-0.3, -0.25) is 4.79 Å². The fourth-order valence-electron chi connectivity index (χ4n) is 1.52. The molecule has 0 radical (unpaired) electrons. The number of carbonyl (C=O) groups is 1. The van der Waals surface area contributed by atoms with Crippen molar-refractivity contribution < 1.29 is 13.9 Å². The summed E-state index contributed by atoms with van der Waals surface area (Å²) in [5.74, 6) is 0.978. The van der Waals surface area contributed by atoms with Crippen LogP contribution >= 0.6 is 15.9 Å². The average molecular weight is 337 g/mol. The summed E-state index contributed by atoms with van der Waals surface area (Å²) in [5.41, 5.74) is 3.30. The summed E-state index contributed by atoms with van der Waals surface area (Å²) in [6, 6.07) is 11.4. The van der Waals surface area contributed by atoms with Crippen LogP contribution in [0.25, 0.3) is 11.3 Å². The lowest BCUT2D eigenvalue weighted by atomic mass is 10.2. The van der Waals surface area contributed by atoms with E-state index in [4.69, 9.17) is 4.42 Å². The lowest BCUT2D eigenvalue weighted by molar-refractivity contribution is -0.124. The van der Waals surface area contributed by atoms with E-state index in [1.54, 1.807) is 6.07 Å². The molecule has 2 aromatic rings. The number of furan rings is 1. The van der Waals surface area contributed by atoms with Crippen LogP contribution in [0.2, 0.25) is 0 Å². The number of halogens is 1. The molecule has 20 heavy (non-hydrogen) atoms. The molecule has 1 aromatic carbocycles. The molecule has 0 saturated carbocycles. The summed E-state index contributed by atoms with van der Waals surface area (Å²) < 4.78 is 11.3. The van der Waals surface area contributed by atoms with E-state index < -0.39 is 0 Å². The van der Waals surface area contributed by atoms with Gasteiger partial charge < -0.3 is 9.15 Å². The number of ether oxygens (including phenoxy) is 1. The molecule has 0 aliphatic heterocycles. The van der Waals surface area contributed by atoms with Crippen molar-refractivity contribution in [3.05, 3.63) is 46.6 Å². The summed E-state index contributed by atoms with van der Waals surface area (Å²) in [6.45, 7) is -0.0281. The van der Waals surface area contributed by atoms with Gasteiger partial charge in [-0.15, -0.1) is 0 Å². The Morgan fingerprint density at radius 1 is 1.35 bits per heavy atom. The molecule has 5 nitrogen and oxygen atoms in total. The molecule has 1 heterocycles. The molecule has 104 valence electrons. The average Bonchev–Trinajstić information content (AvgIpc) is 2.89. The molecule has 1 aromatic heterocycles. The Bertz CT molecular complexity index is 605. The van der Waals surface area contributed by atoms with Gasteiger partial charge in [0.25, 0.3) is 5.91 Å². The number of methoxy groups -OCH3 is 1. The van der Waals surface area contributed by atoms with E-state index in [2.05, 4.69) is 31.2 Å². The SMILES string of the molecule is COCC(=O)N/N=C\c1ccc(-c2ccc(Br)cc2)o1. The molecule has 0 saturated heterocycles. The van der Waals surface area contributed by atoms with Crippen molar-refractivity contribution in [3.63, 3.8) is 0 Å². The summed E-state index contributed by atoms with van der Waals surface area (Å²) in [7, 11) is 1.44. The topological polar surface area (TPSA) is 63.8 Å². The van der Waals surface area contributed by atoms with Crippen molar-refractivity contribution in [2.24, 2.45) is 5.10 Å². The van der Waals surface area contributed by atoms with Crippen LogP contribution < -0.4 is 5.43 Å². The van der Waals surface area contributed by atoms with Gasteiger partial charge in [0.15, 0.2) is 0 Å². The predicted molar refractivity (Wildman–Crippen MR) is 79.5 cm³/mol. The number of benzene rings is 1. The van der Waals surface area contributed by atoms with E-state index in [-0.39, 0.29) is 12.5 Å². The van der Waals surface area contributed by atoms with E-state index in [0.29, 0.717) is 5.76 Å². The molecular formula is C14H13BrN2O3. The first-order valence-electron chi connectivity index (χ1n) is 5.85. The summed E-state index contributed by atoms with van der Waals surface area (Å²) >= 11 is 3.38. The van der Waals surface area contributed by atoms with Gasteiger partial charge in [0.1, 0.15) is 18.1 Å². The maximum absolute atomic E-state index is 11.1. The van der Waals surface area contributed by atoms with E-state index >= 15 is 0 Å². The third kappa shape index (κ3) is 4.04. The van der Waals surface area contributed by atoms with Gasteiger partial charge >= 0.3 is 0 Å². The molecule has 0 fully saturated rings. The van der Waals surface area contributed by atoms with Crippen LogP contribution in [-0.2, 0) is 9.53 Å². The Kier molecular flexibility index (Phi) is 5.09. The molecular weight excluding hydrogens is 324 g/mol. The summed E-state index contributed by atoms with van der Waals surface area (Å²) in [5, 5.41) is 3.78. The number of nitrogens with one attached hydrogen (secondary N) is 1. The highest BCUT2D eigenvalue weighted by Crippen LogP contribution is 2.23. The number of amides is 1. The van der Waals surface area contributed by atoms with Crippen LogP contribution in [0, 0.1) is 0 Å². The molecule has 0 bridgehead atoms. The maximum Gasteiger partial charge on any atom is 0.266 e. The predicted octanol–water partition coefficient (Wildman–Crippen LogP) is 2.81. The highest BCUT2D eigenvalue weighted by Gasteiger charge is 2.03. The monoisotopic (exact) mass is 336 g/mol. The van der Waals surface area contributed by atoms with Crippen molar-refractivity contribution in [3.8, 4) is 11.3 Å². The van der Waals surface area contributed by atoms with Crippen LogP contribution in [0.4, 0.5) is 0 Å². The van der Waals surface area contributed by atoms with Crippen LogP contribution in [0.1, 0.15) is 5.76 Å². The van der Waals surface area contributed by atoms with Crippen molar-refractivity contribution in [1.82, 2.24) is 5.43 Å². The lowest BCUT2D eigenvalue weighted by Crippen LogP contribution is -2.22. The first kappa shape index (κ1) is 14.5. The van der Waals surface area contributed by atoms with Gasteiger partial charge in [-0.1, -0.05) is 28.1 Å². The molecule has 2 rings (SSSR count). The van der Waals surface area contributed by atoms with Crippen LogP contribution in [0.15, 0.2) is 50.4 Å². The third-order valence-corrected chi connectivity index (χ3v) is 2.94. The second-order valence-corrected chi connectivity index (χ2v) is 4.85. The zero-order valence-electron chi connectivity index (χ0n) is 10.8. The second-order valence-electron chi connectivity index (χ2n) is 3.94. The Morgan fingerprint density at radius 3 is 2.80 bits per heavy atom. The van der Waals surface area contributed by atoms with E-state index in [9.17, 15) is 4.79 Å². The number of carbonyl (C=O) groups excluding carboxylic acids is 1. The second kappa shape index (κ2) is 7.02. The van der Waals surface area contributed by atoms with Crippen LogP contribution in [0.3, 0.4) is 0 Å². The summed E-state index contributed by atoms with van der Waals surface area (Å²) in [4.78, 5) is 11.1. The largest absolute Gasteiger partial charge is 0.455 e. The molecule has 0 atom stereocenters. The zero-order chi connectivity index (χ0) is 14.4. The van der Waals surface area contributed by atoms with Gasteiger partial charge in [0.2, 0.25) is 0 Å². The normalized spacial score (nSPS) is 10.9. The first-order valence-corrected chi connectivity index (χ1v) is 6.65. The minimum Gasteiger partial charge on any atom is -0.455 e. The van der Waals surface area contributed by atoms with Crippen molar-refractivity contribution in [2.45, 2.75) is 0 Å². The third-order valence-electron chi connectivity index (χ3n) is 2.41. The summed E-state index contributed by atoms with van der Waals surface area (Å²) in [6.07, 6.45) is 1.44. The lowest BCUT2D eigenvalue weighted by Gasteiger charge is -1.97. The number of nitrogens with zero attached hydrogens (tertiary/aromatic N) is 1. The highest BCUT2D eigenvalue weighted by molar-refractivity contribution is 9.10. The minimum absolute atomic E-state index is 0.0281. The van der Waals surface area contributed by atoms with Crippen molar-refractivity contribution in [2.75, 3.05) is 13.7 Å². The first-order chi connectivity index (χ1) is 9.69. The van der Waals surface area contributed by atoms with Gasteiger partial charge in [-0.2, -0.15) is 5.10 Å². The molecule has 6 heteroatoms. The number of hydrogen-bond acceptors (Lipinski definition) is 4. The highest BCUT2D eigenvalue weighted by atomic mass is 79.9. The standard InChI is InChI=1S/C14H13BrN2O3/c1-19-9-14(18)17-16-8-12-6-7-13(20-12)10-2-4-11(15)5-3-10/h2-8H,9H2,1H3,(H,17,18)/b16-8-. The van der Waals surface area contributed by atoms with Gasteiger partial charge in [-0.05, 0) is 24.3 Å². The maximum atomic E-state index is 11.1. The molecule has 1 N–H and O–H groups in total. The Morgan fingerprint density at radius 2 is 2.10 bits per heavy atom. The fourth-order valence-corrected chi connectivity index (χ4v) is 1.79. The molecule has 0 spiro atoms. The Labute approximate surface area is 124 Å². The van der Waals surface area contributed by atoms with E-state index in [0.717, 1.165) is 15.8 Å². The molecule has 0 unspecified atom stereocenters. The number of hydrogen-bond donors (Lipinski definition) is 1. The number of rotatable bonds is 5. The van der Waals surface area contributed by atoms with Gasteiger partial charge in [-0.25, -0.2) is 5.43 Å². The quantitative estimate of drug-likeness (QED) is 0.674. The van der Waals surface area contributed by atoms with Crippen molar-refractivity contribution >= 4 is 28.1 Å². The molecule has 1 amide bonds. The van der Waals surface area contributed by atoms with Crippen LogP contribution in [0.5, 0.6) is 0 Å². The Balaban J connectivity index is 2.00. The van der Waals surface area contributed by atoms with E-state index in [1.807, 2.05) is 30.3 Å². The fraction of sp³-hybridized carbons (Fsp3) is 0.143. The minimum atomic E-state index is -0.316.